The molecule has 0 radical (unpaired) electrons. The number of carbonyl (C=O) groups is 2. The number of amides is 2. The van der Waals surface area contributed by atoms with Crippen LogP contribution >= 0.6 is 0 Å². The van der Waals surface area contributed by atoms with Gasteiger partial charge < -0.3 is 10.6 Å². The molecular weight excluding hydrogens is 335 g/mol. The Balaban J connectivity index is 1.89. The molecule has 0 bridgehead atoms. The Kier molecular flexibility index (Phi) is 6.70. The molecule has 26 heavy (non-hydrogen) atoms. The van der Waals surface area contributed by atoms with Gasteiger partial charge in [0.2, 0.25) is 11.8 Å². The van der Waals surface area contributed by atoms with E-state index in [9.17, 15) is 19.2 Å². The van der Waals surface area contributed by atoms with Crippen LogP contribution in [0.3, 0.4) is 0 Å². The van der Waals surface area contributed by atoms with Gasteiger partial charge in [-0.1, -0.05) is 25.3 Å². The Morgan fingerprint density at radius 2 is 2.04 bits per heavy atom. The molecule has 6 nitrogen and oxygen atoms in total. The van der Waals surface area contributed by atoms with Gasteiger partial charge in [0, 0.05) is 5.69 Å². The summed E-state index contributed by atoms with van der Waals surface area (Å²) in [6.45, 7) is 1.67. The van der Waals surface area contributed by atoms with Gasteiger partial charge in [0.25, 0.3) is 0 Å². The number of nitrogens with one attached hydrogen (secondary N) is 2. The molecule has 2 amide bonds. The molecule has 7 heteroatoms. The van der Waals surface area contributed by atoms with Crippen molar-refractivity contribution >= 4 is 17.5 Å². The quantitative estimate of drug-likeness (QED) is 0.816. The van der Waals surface area contributed by atoms with E-state index in [1.165, 1.54) is 18.2 Å². The van der Waals surface area contributed by atoms with Gasteiger partial charge in [-0.3, -0.25) is 14.5 Å². The highest BCUT2D eigenvalue weighted by Crippen LogP contribution is 2.27. The van der Waals surface area contributed by atoms with Crippen LogP contribution in [0.1, 0.15) is 39.0 Å². The highest BCUT2D eigenvalue weighted by Gasteiger charge is 2.35. The summed E-state index contributed by atoms with van der Waals surface area (Å²) in [5.74, 6) is -1.04. The lowest BCUT2D eigenvalue weighted by Crippen LogP contribution is -2.55. The van der Waals surface area contributed by atoms with Crippen molar-refractivity contribution in [3.8, 4) is 6.07 Å². The van der Waals surface area contributed by atoms with Crippen molar-refractivity contribution in [3.05, 3.63) is 30.1 Å². The molecular formula is C19H25FN4O2. The molecule has 1 aliphatic rings. The summed E-state index contributed by atoms with van der Waals surface area (Å²) in [5.41, 5.74) is -0.431. The number of nitrogens with zero attached hydrogens (tertiary/aromatic N) is 2. The van der Waals surface area contributed by atoms with E-state index in [4.69, 9.17) is 0 Å². The average molecular weight is 360 g/mol. The van der Waals surface area contributed by atoms with E-state index in [0.717, 1.165) is 19.3 Å². The zero-order chi connectivity index (χ0) is 19.2. The molecule has 1 aliphatic carbocycles. The second-order valence-electron chi connectivity index (χ2n) is 6.89. The van der Waals surface area contributed by atoms with Crippen molar-refractivity contribution in [3.63, 3.8) is 0 Å². The maximum atomic E-state index is 13.2. The molecule has 140 valence electrons. The monoisotopic (exact) mass is 360 g/mol. The summed E-state index contributed by atoms with van der Waals surface area (Å²) in [6.07, 6.45) is 4.24. The first-order valence-electron chi connectivity index (χ1n) is 8.84. The predicted molar refractivity (Wildman–Crippen MR) is 96.7 cm³/mol. The van der Waals surface area contributed by atoms with Gasteiger partial charge in [-0.05, 0) is 45.0 Å². The van der Waals surface area contributed by atoms with Gasteiger partial charge in [-0.2, -0.15) is 5.26 Å². The van der Waals surface area contributed by atoms with Crippen LogP contribution in [0.5, 0.6) is 0 Å². The van der Waals surface area contributed by atoms with Crippen LogP contribution in [-0.2, 0) is 9.59 Å². The number of halogens is 1. The molecule has 0 unspecified atom stereocenters. The summed E-state index contributed by atoms with van der Waals surface area (Å²) in [5, 5.41) is 14.9. The number of likely N-dealkylation sites (N-methyl/N-ethyl adjacent to an activating group) is 1. The van der Waals surface area contributed by atoms with Gasteiger partial charge in [0.05, 0.1) is 18.7 Å². The molecule has 1 atom stereocenters. The van der Waals surface area contributed by atoms with Crippen LogP contribution in [0, 0.1) is 17.1 Å². The Hall–Kier alpha value is -2.46. The third-order valence-corrected chi connectivity index (χ3v) is 4.83. The highest BCUT2D eigenvalue weighted by atomic mass is 19.1. The van der Waals surface area contributed by atoms with Crippen LogP contribution in [-0.4, -0.2) is 41.9 Å². The summed E-state index contributed by atoms with van der Waals surface area (Å²) in [7, 11) is 1.66. The molecule has 1 saturated carbocycles. The van der Waals surface area contributed by atoms with Crippen LogP contribution < -0.4 is 10.6 Å². The van der Waals surface area contributed by atoms with E-state index in [2.05, 4.69) is 16.7 Å². The predicted octanol–water partition coefficient (Wildman–Crippen LogP) is 2.43. The molecule has 2 rings (SSSR count). The van der Waals surface area contributed by atoms with Crippen molar-refractivity contribution in [1.29, 1.82) is 5.26 Å². The molecule has 2 N–H and O–H groups in total. The first kappa shape index (κ1) is 19.9. The fourth-order valence-corrected chi connectivity index (χ4v) is 3.09. The van der Waals surface area contributed by atoms with Crippen molar-refractivity contribution < 1.29 is 14.0 Å². The topological polar surface area (TPSA) is 85.2 Å². The fraction of sp³-hybridized carbons (Fsp3) is 0.526. The number of benzene rings is 1. The van der Waals surface area contributed by atoms with Crippen molar-refractivity contribution in [2.24, 2.45) is 0 Å². The van der Waals surface area contributed by atoms with Crippen LogP contribution in [0.15, 0.2) is 24.3 Å². The molecule has 1 aromatic carbocycles. The molecule has 0 heterocycles. The highest BCUT2D eigenvalue weighted by molar-refractivity contribution is 5.92. The molecule has 1 aromatic rings. The molecule has 0 aliphatic heterocycles. The number of anilines is 1. The Labute approximate surface area is 153 Å². The Bertz CT molecular complexity index is 695. The van der Waals surface area contributed by atoms with Gasteiger partial charge in [0.15, 0.2) is 0 Å². The van der Waals surface area contributed by atoms with E-state index in [1.807, 2.05) is 0 Å². The molecule has 0 aromatic heterocycles. The minimum absolute atomic E-state index is 0.0232. The van der Waals surface area contributed by atoms with E-state index < -0.39 is 17.4 Å². The van der Waals surface area contributed by atoms with E-state index in [0.29, 0.717) is 18.5 Å². The number of hydrogen-bond acceptors (Lipinski definition) is 4. The van der Waals surface area contributed by atoms with E-state index in [1.54, 1.807) is 24.9 Å². The summed E-state index contributed by atoms with van der Waals surface area (Å²) in [6, 6.07) is 7.32. The maximum absolute atomic E-state index is 13.2. The van der Waals surface area contributed by atoms with Crippen LogP contribution in [0.4, 0.5) is 10.1 Å². The Morgan fingerprint density at radius 1 is 1.35 bits per heavy atom. The molecule has 1 fully saturated rings. The zero-order valence-corrected chi connectivity index (χ0v) is 15.2. The normalized spacial score (nSPS) is 17.2. The number of nitriles is 1. The Morgan fingerprint density at radius 3 is 2.65 bits per heavy atom. The van der Waals surface area contributed by atoms with Gasteiger partial charge in [0.1, 0.15) is 11.4 Å². The van der Waals surface area contributed by atoms with Gasteiger partial charge >= 0.3 is 0 Å². The molecule has 0 spiro atoms. The SMILES string of the molecule is C[C@H](C(=O)NC1(C#N)CCCCC1)N(C)CC(=O)Nc1cccc(F)c1. The van der Waals surface area contributed by atoms with Gasteiger partial charge in [-0.15, -0.1) is 0 Å². The first-order valence-corrected chi connectivity index (χ1v) is 8.84. The van der Waals surface area contributed by atoms with Gasteiger partial charge in [-0.25, -0.2) is 4.39 Å². The van der Waals surface area contributed by atoms with Crippen LogP contribution in [0.2, 0.25) is 0 Å². The third-order valence-electron chi connectivity index (χ3n) is 4.83. The second kappa shape index (κ2) is 8.77. The smallest absolute Gasteiger partial charge is 0.238 e. The lowest BCUT2D eigenvalue weighted by molar-refractivity contribution is -0.128. The van der Waals surface area contributed by atoms with E-state index >= 15 is 0 Å². The van der Waals surface area contributed by atoms with Crippen LogP contribution in [0.25, 0.3) is 0 Å². The largest absolute Gasteiger partial charge is 0.336 e. The fourth-order valence-electron chi connectivity index (χ4n) is 3.09. The number of rotatable bonds is 6. The molecule has 0 saturated heterocycles. The minimum atomic E-state index is -0.797. The van der Waals surface area contributed by atoms with E-state index in [-0.39, 0.29) is 18.4 Å². The van der Waals surface area contributed by atoms with Crippen molar-refractivity contribution in [2.45, 2.75) is 50.6 Å². The lowest BCUT2D eigenvalue weighted by Gasteiger charge is -2.34. The third kappa shape index (κ3) is 5.27. The standard InChI is InChI=1S/C19H25FN4O2/c1-14(18(26)23-19(13-21)9-4-3-5-10-19)24(2)12-17(25)22-16-8-6-7-15(20)11-16/h6-8,11,14H,3-5,9-10,12H2,1-2H3,(H,22,25)(H,23,26)/t14-/m1/s1. The van der Waals surface area contributed by atoms with Crippen molar-refractivity contribution in [1.82, 2.24) is 10.2 Å². The number of hydrogen-bond donors (Lipinski definition) is 2. The lowest BCUT2D eigenvalue weighted by atomic mass is 9.82. The summed E-state index contributed by atoms with van der Waals surface area (Å²) in [4.78, 5) is 26.2. The summed E-state index contributed by atoms with van der Waals surface area (Å²) >= 11 is 0. The zero-order valence-electron chi connectivity index (χ0n) is 15.2. The minimum Gasteiger partial charge on any atom is -0.336 e. The number of carbonyl (C=O) groups excluding carboxylic acids is 2. The summed E-state index contributed by atoms with van der Waals surface area (Å²) < 4.78 is 13.2. The maximum Gasteiger partial charge on any atom is 0.238 e. The average Bonchev–Trinajstić information content (AvgIpc) is 2.61. The second-order valence-corrected chi connectivity index (χ2v) is 6.89. The van der Waals surface area contributed by atoms with Crippen molar-refractivity contribution in [2.75, 3.05) is 18.9 Å². The first-order chi connectivity index (χ1) is 12.3.